The second-order valence-corrected chi connectivity index (χ2v) is 10.8. The lowest BCUT2D eigenvalue weighted by Crippen LogP contribution is -2.41. The van der Waals surface area contributed by atoms with Gasteiger partial charge >= 0.3 is 0 Å². The summed E-state index contributed by atoms with van der Waals surface area (Å²) in [4.78, 5) is 0. The minimum absolute atomic E-state index is 0.180. The zero-order valence-electron chi connectivity index (χ0n) is 8.91. The van der Waals surface area contributed by atoms with E-state index in [0.717, 1.165) is 19.3 Å². The molecule has 4 unspecified atom stereocenters. The molecule has 0 spiro atoms. The summed E-state index contributed by atoms with van der Waals surface area (Å²) in [6.07, 6.45) is 3.30. The molecule has 1 aliphatic carbocycles. The van der Waals surface area contributed by atoms with Crippen molar-refractivity contribution in [2.45, 2.75) is 44.5 Å². The van der Waals surface area contributed by atoms with Crippen LogP contribution in [-0.4, -0.2) is 17.0 Å². The van der Waals surface area contributed by atoms with Gasteiger partial charge in [-0.2, -0.15) is 0 Å². The molecular weight excluding hydrogens is 249 g/mol. The first-order valence-corrected chi connectivity index (χ1v) is 9.41. The van der Waals surface area contributed by atoms with Crippen molar-refractivity contribution in [2.75, 3.05) is 0 Å². The number of aliphatic hydroxyl groups is 1. The summed E-state index contributed by atoms with van der Waals surface area (Å²) in [5, 5.41) is 9.53. The maximum Gasteiger partial charge on any atom is 0.192 e. The zero-order chi connectivity index (χ0) is 11.6. The molecule has 0 aliphatic heterocycles. The molecule has 0 heterocycles. The SMILES string of the molecule is CC1CCCCC1C(C(N)O)P(=O)(S)S. The van der Waals surface area contributed by atoms with Gasteiger partial charge in [-0.15, -0.1) is 24.5 Å². The highest BCUT2D eigenvalue weighted by molar-refractivity contribution is 8.81. The molecule has 90 valence electrons. The standard InChI is InChI=1S/C9H20NO2PS2/c1-6-4-2-3-5-7(6)8(9(10)11)13(12,14)15/h6-9,11H,2-5,10H2,1H3,(H2,12,14,15). The van der Waals surface area contributed by atoms with E-state index < -0.39 is 17.4 Å². The molecule has 3 N–H and O–H groups in total. The van der Waals surface area contributed by atoms with E-state index in [1.807, 2.05) is 0 Å². The Morgan fingerprint density at radius 3 is 2.33 bits per heavy atom. The largest absolute Gasteiger partial charge is 0.378 e. The normalized spacial score (nSPS) is 32.3. The molecule has 1 aliphatic rings. The van der Waals surface area contributed by atoms with E-state index in [1.165, 1.54) is 6.42 Å². The van der Waals surface area contributed by atoms with E-state index in [0.29, 0.717) is 5.92 Å². The van der Waals surface area contributed by atoms with Crippen LogP contribution in [0.15, 0.2) is 0 Å². The van der Waals surface area contributed by atoms with Crippen molar-refractivity contribution in [3.63, 3.8) is 0 Å². The smallest absolute Gasteiger partial charge is 0.192 e. The van der Waals surface area contributed by atoms with E-state index >= 15 is 0 Å². The molecule has 0 saturated heterocycles. The molecule has 0 bridgehead atoms. The molecule has 0 aromatic carbocycles. The summed E-state index contributed by atoms with van der Waals surface area (Å²) in [5.41, 5.74) is 2.09. The third kappa shape index (κ3) is 3.67. The van der Waals surface area contributed by atoms with Crippen molar-refractivity contribution in [3.8, 4) is 0 Å². The van der Waals surface area contributed by atoms with Gasteiger partial charge in [0, 0.05) is 0 Å². The fraction of sp³-hybridized carbons (Fsp3) is 1.00. The van der Waals surface area contributed by atoms with Gasteiger partial charge in [0.1, 0.15) is 6.23 Å². The number of hydrogen-bond donors (Lipinski definition) is 4. The fourth-order valence-electron chi connectivity index (χ4n) is 2.55. The molecule has 0 aromatic rings. The molecule has 0 aromatic heterocycles. The lowest BCUT2D eigenvalue weighted by molar-refractivity contribution is 0.120. The van der Waals surface area contributed by atoms with Crippen LogP contribution in [0.5, 0.6) is 0 Å². The topological polar surface area (TPSA) is 63.3 Å². The van der Waals surface area contributed by atoms with Crippen LogP contribution in [0.2, 0.25) is 0 Å². The number of nitrogens with two attached hydrogens (primary N) is 1. The lowest BCUT2D eigenvalue weighted by Gasteiger charge is -2.37. The Labute approximate surface area is 102 Å². The van der Waals surface area contributed by atoms with Gasteiger partial charge < -0.3 is 15.4 Å². The van der Waals surface area contributed by atoms with Crippen LogP contribution in [0.4, 0.5) is 0 Å². The van der Waals surface area contributed by atoms with Crippen molar-refractivity contribution in [1.82, 2.24) is 0 Å². The molecule has 3 nitrogen and oxygen atoms in total. The van der Waals surface area contributed by atoms with Crippen LogP contribution >= 0.6 is 30.0 Å². The predicted octanol–water partition coefficient (Wildman–Crippen LogP) is 2.51. The van der Waals surface area contributed by atoms with E-state index in [9.17, 15) is 9.67 Å². The lowest BCUT2D eigenvalue weighted by atomic mass is 9.78. The quantitative estimate of drug-likeness (QED) is 0.362. The molecule has 1 fully saturated rings. The summed E-state index contributed by atoms with van der Waals surface area (Å²) < 4.78 is 11.9. The fourth-order valence-corrected chi connectivity index (χ4v) is 5.74. The van der Waals surface area contributed by atoms with Gasteiger partial charge in [-0.1, -0.05) is 26.2 Å². The minimum atomic E-state index is -2.92. The number of aliphatic hydroxyl groups excluding tert-OH is 1. The van der Waals surface area contributed by atoms with Crippen molar-refractivity contribution >= 4 is 30.0 Å². The molecule has 15 heavy (non-hydrogen) atoms. The Hall–Kier alpha value is 0.850. The van der Waals surface area contributed by atoms with Gasteiger partial charge in [-0.25, -0.2) is 0 Å². The van der Waals surface area contributed by atoms with Crippen LogP contribution in [0.1, 0.15) is 32.6 Å². The summed E-state index contributed by atoms with van der Waals surface area (Å²) in [6.45, 7) is 2.12. The van der Waals surface area contributed by atoms with Crippen LogP contribution in [0.3, 0.4) is 0 Å². The monoisotopic (exact) mass is 269 g/mol. The van der Waals surface area contributed by atoms with Gasteiger partial charge in [0.25, 0.3) is 0 Å². The van der Waals surface area contributed by atoms with Crippen molar-refractivity contribution in [3.05, 3.63) is 0 Å². The average Bonchev–Trinajstić information content (AvgIpc) is 2.05. The van der Waals surface area contributed by atoms with Gasteiger partial charge in [-0.05, 0) is 18.3 Å². The van der Waals surface area contributed by atoms with Crippen LogP contribution in [-0.2, 0) is 4.57 Å². The Balaban J connectivity index is 2.83. The summed E-state index contributed by atoms with van der Waals surface area (Å²) >= 11 is 8.04. The predicted molar refractivity (Wildman–Crippen MR) is 70.7 cm³/mol. The molecule has 4 atom stereocenters. The maximum atomic E-state index is 11.9. The number of thiol groups is 2. The molecule has 1 rings (SSSR count). The van der Waals surface area contributed by atoms with Crippen molar-refractivity contribution in [1.29, 1.82) is 0 Å². The molecule has 6 heteroatoms. The molecule has 0 amide bonds. The first-order chi connectivity index (χ1) is 6.84. The van der Waals surface area contributed by atoms with Crippen LogP contribution < -0.4 is 5.73 Å². The summed E-state index contributed by atoms with van der Waals surface area (Å²) in [7, 11) is 0. The highest BCUT2D eigenvalue weighted by Crippen LogP contribution is 2.64. The Kier molecular flexibility index (Phi) is 5.06. The number of hydrogen-bond acceptors (Lipinski definition) is 3. The minimum Gasteiger partial charge on any atom is -0.378 e. The van der Waals surface area contributed by atoms with Gasteiger partial charge in [0.05, 0.1) is 5.66 Å². The maximum absolute atomic E-state index is 11.9. The molecule has 0 radical (unpaired) electrons. The zero-order valence-corrected chi connectivity index (χ0v) is 11.6. The first kappa shape index (κ1) is 13.9. The van der Waals surface area contributed by atoms with E-state index in [4.69, 9.17) is 5.73 Å². The average molecular weight is 269 g/mol. The molecular formula is C9H20NO2PS2. The Bertz CT molecular complexity index is 256. The van der Waals surface area contributed by atoms with Crippen LogP contribution in [0, 0.1) is 11.8 Å². The highest BCUT2D eigenvalue weighted by Gasteiger charge is 2.40. The number of rotatable bonds is 3. The highest BCUT2D eigenvalue weighted by atomic mass is 33.1. The summed E-state index contributed by atoms with van der Waals surface area (Å²) in [6, 6.07) is 0. The Morgan fingerprint density at radius 1 is 1.40 bits per heavy atom. The van der Waals surface area contributed by atoms with Gasteiger partial charge in [0.15, 0.2) is 5.55 Å². The third-order valence-corrected chi connectivity index (χ3v) is 6.42. The van der Waals surface area contributed by atoms with E-state index in [-0.39, 0.29) is 5.92 Å². The van der Waals surface area contributed by atoms with Gasteiger partial charge in [0.2, 0.25) is 0 Å². The second kappa shape index (κ2) is 5.46. The first-order valence-electron chi connectivity index (χ1n) is 5.33. The third-order valence-electron chi connectivity index (χ3n) is 3.35. The van der Waals surface area contributed by atoms with E-state index in [2.05, 4.69) is 31.4 Å². The van der Waals surface area contributed by atoms with Crippen molar-refractivity contribution in [2.24, 2.45) is 17.6 Å². The van der Waals surface area contributed by atoms with Gasteiger partial charge in [-0.3, -0.25) is 0 Å². The van der Waals surface area contributed by atoms with E-state index in [1.54, 1.807) is 0 Å². The molecule has 1 saturated carbocycles. The van der Waals surface area contributed by atoms with Crippen molar-refractivity contribution < 1.29 is 9.67 Å². The second-order valence-electron chi connectivity index (χ2n) is 4.50. The Morgan fingerprint density at radius 2 is 1.93 bits per heavy atom. The summed E-state index contributed by atoms with van der Waals surface area (Å²) in [5.74, 6) is 0.620. The van der Waals surface area contributed by atoms with Crippen LogP contribution in [0.25, 0.3) is 0 Å².